The number of hydrogen-bond acceptors (Lipinski definition) is 4. The van der Waals surface area contributed by atoms with Crippen molar-refractivity contribution < 1.29 is 4.74 Å². The molecule has 4 heteroatoms. The first-order valence-corrected chi connectivity index (χ1v) is 6.92. The van der Waals surface area contributed by atoms with Crippen LogP contribution in [0.5, 0.6) is 5.75 Å². The minimum atomic E-state index is 0.0992. The number of hydrogen-bond donors (Lipinski definition) is 2. The second-order valence-corrected chi connectivity index (χ2v) is 6.11. The van der Waals surface area contributed by atoms with Crippen LogP contribution in [-0.2, 0) is 0 Å². The predicted molar refractivity (Wildman–Crippen MR) is 78.7 cm³/mol. The van der Waals surface area contributed by atoms with Crippen LogP contribution in [0, 0.1) is 11.3 Å². The Labute approximate surface area is 116 Å². The van der Waals surface area contributed by atoms with Gasteiger partial charge < -0.3 is 4.74 Å². The number of ether oxygens (including phenoxy) is 1. The van der Waals surface area contributed by atoms with Crippen molar-refractivity contribution in [1.82, 2.24) is 10.4 Å². The van der Waals surface area contributed by atoms with E-state index < -0.39 is 0 Å². The first-order chi connectivity index (χ1) is 8.88. The highest BCUT2D eigenvalue weighted by molar-refractivity contribution is 5.26. The van der Waals surface area contributed by atoms with Gasteiger partial charge in [0.2, 0.25) is 0 Å². The van der Waals surface area contributed by atoms with Crippen LogP contribution in [0.1, 0.15) is 52.6 Å². The molecule has 1 rings (SSSR count). The zero-order chi connectivity index (χ0) is 14.5. The number of nitrogens with one attached hydrogen (secondary N) is 1. The van der Waals surface area contributed by atoms with Crippen LogP contribution in [-0.4, -0.2) is 11.6 Å². The minimum Gasteiger partial charge on any atom is -0.492 e. The highest BCUT2D eigenvalue weighted by Crippen LogP contribution is 2.33. The third kappa shape index (κ3) is 4.80. The Balaban J connectivity index is 2.82. The Morgan fingerprint density at radius 1 is 1.37 bits per heavy atom. The normalized spacial score (nSPS) is 15.1. The lowest BCUT2D eigenvalue weighted by molar-refractivity contribution is 0.223. The second-order valence-electron chi connectivity index (χ2n) is 6.11. The van der Waals surface area contributed by atoms with Crippen LogP contribution in [0.3, 0.4) is 0 Å². The number of pyridine rings is 1. The Hall–Kier alpha value is -1.13. The van der Waals surface area contributed by atoms with Gasteiger partial charge in [-0.05, 0) is 36.3 Å². The zero-order valence-corrected chi connectivity index (χ0v) is 12.7. The molecule has 3 N–H and O–H groups in total. The van der Waals surface area contributed by atoms with Gasteiger partial charge in [-0.3, -0.25) is 16.3 Å². The summed E-state index contributed by atoms with van der Waals surface area (Å²) in [6.45, 7) is 11.6. The van der Waals surface area contributed by atoms with E-state index in [9.17, 15) is 0 Å². The largest absolute Gasteiger partial charge is 0.492 e. The third-order valence-electron chi connectivity index (χ3n) is 3.72. The Bertz CT molecular complexity index is 387. The molecule has 1 aromatic rings. The van der Waals surface area contributed by atoms with Gasteiger partial charge in [-0.2, -0.15) is 0 Å². The van der Waals surface area contributed by atoms with E-state index in [0.29, 0.717) is 12.5 Å². The molecule has 1 heterocycles. The fourth-order valence-electron chi connectivity index (χ4n) is 1.88. The summed E-state index contributed by atoms with van der Waals surface area (Å²) in [7, 11) is 0. The average molecular weight is 265 g/mol. The lowest BCUT2D eigenvalue weighted by atomic mass is 9.78. The molecule has 0 spiro atoms. The highest BCUT2D eigenvalue weighted by Gasteiger charge is 2.24. The van der Waals surface area contributed by atoms with Gasteiger partial charge in [-0.15, -0.1) is 0 Å². The van der Waals surface area contributed by atoms with Crippen molar-refractivity contribution in [2.75, 3.05) is 6.61 Å². The number of aromatic nitrogens is 1. The molecule has 1 aromatic heterocycles. The maximum Gasteiger partial charge on any atom is 0.137 e. The van der Waals surface area contributed by atoms with Crippen molar-refractivity contribution in [2.24, 2.45) is 17.2 Å². The van der Waals surface area contributed by atoms with E-state index in [-0.39, 0.29) is 11.5 Å². The second kappa shape index (κ2) is 6.87. The molecule has 108 valence electrons. The number of hydrazine groups is 1. The first kappa shape index (κ1) is 15.9. The summed E-state index contributed by atoms with van der Waals surface area (Å²) in [5, 5.41) is 0. The molecule has 2 atom stereocenters. The van der Waals surface area contributed by atoms with Gasteiger partial charge in [-0.1, -0.05) is 27.7 Å². The van der Waals surface area contributed by atoms with Gasteiger partial charge in [0.1, 0.15) is 5.75 Å². The number of nitrogens with two attached hydrogens (primary N) is 1. The van der Waals surface area contributed by atoms with Crippen LogP contribution in [0.15, 0.2) is 18.5 Å². The maximum atomic E-state index is 5.70. The van der Waals surface area contributed by atoms with Gasteiger partial charge in [-0.25, -0.2) is 0 Å². The summed E-state index contributed by atoms with van der Waals surface area (Å²) < 4.78 is 5.48. The summed E-state index contributed by atoms with van der Waals surface area (Å²) in [6.07, 6.45) is 4.55. The molecule has 0 amide bonds. The van der Waals surface area contributed by atoms with Crippen LogP contribution in [0.25, 0.3) is 0 Å². The van der Waals surface area contributed by atoms with E-state index in [0.717, 1.165) is 17.7 Å². The predicted octanol–water partition coefficient (Wildman–Crippen LogP) is 3.06. The summed E-state index contributed by atoms with van der Waals surface area (Å²) in [4.78, 5) is 4.22. The number of nitrogens with zero attached hydrogens (tertiary/aromatic N) is 1. The molecular formula is C15H27N3O. The summed E-state index contributed by atoms with van der Waals surface area (Å²) in [5.74, 6) is 7.04. The van der Waals surface area contributed by atoms with Crippen LogP contribution in [0.2, 0.25) is 0 Å². The van der Waals surface area contributed by atoms with E-state index in [4.69, 9.17) is 10.6 Å². The molecular weight excluding hydrogens is 238 g/mol. The highest BCUT2D eigenvalue weighted by atomic mass is 16.5. The molecule has 19 heavy (non-hydrogen) atoms. The molecule has 4 nitrogen and oxygen atoms in total. The van der Waals surface area contributed by atoms with Crippen molar-refractivity contribution in [2.45, 2.75) is 47.1 Å². The molecule has 2 unspecified atom stereocenters. The molecule has 0 radical (unpaired) electrons. The van der Waals surface area contributed by atoms with Crippen LogP contribution >= 0.6 is 0 Å². The van der Waals surface area contributed by atoms with Crippen molar-refractivity contribution in [3.05, 3.63) is 24.0 Å². The van der Waals surface area contributed by atoms with Gasteiger partial charge in [0.25, 0.3) is 0 Å². The molecule has 0 bridgehead atoms. The molecule has 0 saturated carbocycles. The standard InChI is InChI=1S/C15H27N3O/c1-6-19-13-8-12(9-17-10-13)14(18-16)7-11(2)15(3,4)5/h8-11,14,18H,6-7,16H2,1-5H3. The van der Waals surface area contributed by atoms with Crippen LogP contribution in [0.4, 0.5) is 0 Å². The molecule has 0 fully saturated rings. The monoisotopic (exact) mass is 265 g/mol. The smallest absolute Gasteiger partial charge is 0.137 e. The molecule has 0 saturated heterocycles. The first-order valence-electron chi connectivity index (χ1n) is 6.92. The summed E-state index contributed by atoms with van der Waals surface area (Å²) >= 11 is 0. The van der Waals surface area contributed by atoms with Crippen molar-refractivity contribution in [3.63, 3.8) is 0 Å². The van der Waals surface area contributed by atoms with Crippen molar-refractivity contribution in [3.8, 4) is 5.75 Å². The van der Waals surface area contributed by atoms with E-state index in [1.54, 1.807) is 6.20 Å². The molecule has 0 aliphatic rings. The minimum absolute atomic E-state index is 0.0992. The fraction of sp³-hybridized carbons (Fsp3) is 0.667. The maximum absolute atomic E-state index is 5.70. The lowest BCUT2D eigenvalue weighted by Gasteiger charge is -2.30. The Morgan fingerprint density at radius 3 is 2.58 bits per heavy atom. The van der Waals surface area contributed by atoms with Crippen molar-refractivity contribution >= 4 is 0 Å². The lowest BCUT2D eigenvalue weighted by Crippen LogP contribution is -2.32. The third-order valence-corrected chi connectivity index (χ3v) is 3.72. The molecule has 0 aliphatic carbocycles. The Kier molecular flexibility index (Phi) is 5.76. The van der Waals surface area contributed by atoms with E-state index in [1.807, 2.05) is 19.2 Å². The molecule has 0 aliphatic heterocycles. The van der Waals surface area contributed by atoms with Gasteiger partial charge >= 0.3 is 0 Å². The Morgan fingerprint density at radius 2 is 2.05 bits per heavy atom. The van der Waals surface area contributed by atoms with Crippen LogP contribution < -0.4 is 16.0 Å². The molecule has 0 aromatic carbocycles. The topological polar surface area (TPSA) is 60.2 Å². The summed E-state index contributed by atoms with van der Waals surface area (Å²) in [6, 6.07) is 2.11. The van der Waals surface area contributed by atoms with Crippen molar-refractivity contribution in [1.29, 1.82) is 0 Å². The quantitative estimate of drug-likeness (QED) is 0.613. The number of rotatable bonds is 6. The fourth-order valence-corrected chi connectivity index (χ4v) is 1.88. The summed E-state index contributed by atoms with van der Waals surface area (Å²) in [5.41, 5.74) is 4.23. The van der Waals surface area contributed by atoms with Gasteiger partial charge in [0.15, 0.2) is 0 Å². The van der Waals surface area contributed by atoms with Gasteiger partial charge in [0, 0.05) is 12.2 Å². The SMILES string of the molecule is CCOc1cncc(C(CC(C)C(C)(C)C)NN)c1. The van der Waals surface area contributed by atoms with E-state index in [1.165, 1.54) is 0 Å². The van der Waals surface area contributed by atoms with E-state index >= 15 is 0 Å². The van der Waals surface area contributed by atoms with E-state index in [2.05, 4.69) is 38.1 Å². The van der Waals surface area contributed by atoms with Gasteiger partial charge in [0.05, 0.1) is 12.8 Å². The zero-order valence-electron chi connectivity index (χ0n) is 12.7. The average Bonchev–Trinajstić information content (AvgIpc) is 2.35.